The summed E-state index contributed by atoms with van der Waals surface area (Å²) in [7, 11) is 1.83. The number of aliphatic imine (C=N–C) groups is 1. The van der Waals surface area contributed by atoms with Crippen LogP contribution in [-0.4, -0.2) is 37.8 Å². The number of rotatable bonds is 5. The molecule has 3 unspecified atom stereocenters. The van der Waals surface area contributed by atoms with Gasteiger partial charge in [-0.1, -0.05) is 30.3 Å². The SMILES string of the molecule is CN=C(NCCCc1ccccc1)NC1CC2CCC1O2.I. The summed E-state index contributed by atoms with van der Waals surface area (Å²) in [6.45, 7) is 0.941. The molecule has 0 spiro atoms. The van der Waals surface area contributed by atoms with Crippen molar-refractivity contribution in [2.45, 2.75) is 50.4 Å². The highest BCUT2D eigenvalue weighted by molar-refractivity contribution is 14.0. The van der Waals surface area contributed by atoms with Crippen LogP contribution in [0.2, 0.25) is 0 Å². The molecule has 2 heterocycles. The van der Waals surface area contributed by atoms with Crippen LogP contribution in [0.3, 0.4) is 0 Å². The first-order valence-corrected chi connectivity index (χ1v) is 8.02. The van der Waals surface area contributed by atoms with E-state index in [0.717, 1.165) is 31.8 Å². The Morgan fingerprint density at radius 3 is 2.73 bits per heavy atom. The topological polar surface area (TPSA) is 45.7 Å². The van der Waals surface area contributed by atoms with Gasteiger partial charge < -0.3 is 15.4 Å². The quantitative estimate of drug-likeness (QED) is 0.337. The molecule has 1 aromatic rings. The van der Waals surface area contributed by atoms with Gasteiger partial charge in [0.15, 0.2) is 5.96 Å². The van der Waals surface area contributed by atoms with Crippen LogP contribution in [0.4, 0.5) is 0 Å². The Balaban J connectivity index is 0.00000176. The molecule has 2 fully saturated rings. The van der Waals surface area contributed by atoms with E-state index in [0.29, 0.717) is 18.2 Å². The van der Waals surface area contributed by atoms with Crippen molar-refractivity contribution in [2.24, 2.45) is 4.99 Å². The summed E-state index contributed by atoms with van der Waals surface area (Å²) in [5.74, 6) is 0.907. The number of fused-ring (bicyclic) bond motifs is 2. The predicted octanol–water partition coefficient (Wildman–Crippen LogP) is 2.72. The first-order valence-electron chi connectivity index (χ1n) is 8.02. The Hall–Kier alpha value is -0.820. The number of benzene rings is 1. The van der Waals surface area contributed by atoms with Gasteiger partial charge in [-0.05, 0) is 37.7 Å². The Morgan fingerprint density at radius 1 is 1.27 bits per heavy atom. The van der Waals surface area contributed by atoms with E-state index in [1.165, 1.54) is 18.4 Å². The van der Waals surface area contributed by atoms with Crippen LogP contribution in [0.25, 0.3) is 0 Å². The highest BCUT2D eigenvalue weighted by Gasteiger charge is 2.40. The molecular weight excluding hydrogens is 389 g/mol. The lowest BCUT2D eigenvalue weighted by Gasteiger charge is -2.22. The van der Waals surface area contributed by atoms with E-state index in [1.807, 2.05) is 7.05 Å². The maximum atomic E-state index is 5.87. The largest absolute Gasteiger partial charge is 0.373 e. The number of nitrogens with one attached hydrogen (secondary N) is 2. The highest BCUT2D eigenvalue weighted by atomic mass is 127. The molecule has 0 aliphatic carbocycles. The van der Waals surface area contributed by atoms with Crippen molar-refractivity contribution < 1.29 is 4.74 Å². The van der Waals surface area contributed by atoms with E-state index < -0.39 is 0 Å². The number of halogens is 1. The number of nitrogens with zero attached hydrogens (tertiary/aromatic N) is 1. The third kappa shape index (κ3) is 4.59. The highest BCUT2D eigenvalue weighted by Crippen LogP contribution is 2.34. The van der Waals surface area contributed by atoms with Crippen molar-refractivity contribution in [3.05, 3.63) is 35.9 Å². The predicted molar refractivity (Wildman–Crippen MR) is 101 cm³/mol. The molecule has 2 aliphatic rings. The Bertz CT molecular complexity index is 480. The average Bonchev–Trinajstić information content (AvgIpc) is 3.14. The fourth-order valence-corrected chi connectivity index (χ4v) is 3.30. The van der Waals surface area contributed by atoms with Crippen LogP contribution < -0.4 is 10.6 Å². The van der Waals surface area contributed by atoms with Gasteiger partial charge in [0.2, 0.25) is 0 Å². The fraction of sp³-hybridized carbons (Fsp3) is 0.588. The van der Waals surface area contributed by atoms with Gasteiger partial charge in [0.05, 0.1) is 18.2 Å². The minimum Gasteiger partial charge on any atom is -0.373 e. The first-order chi connectivity index (χ1) is 10.3. The molecular formula is C17H26IN3O. The van der Waals surface area contributed by atoms with Crippen molar-refractivity contribution >= 4 is 29.9 Å². The molecule has 0 amide bonds. The Morgan fingerprint density at radius 2 is 2.09 bits per heavy atom. The normalized spacial score (nSPS) is 26.6. The number of guanidine groups is 1. The number of aryl methyl sites for hydroxylation is 1. The van der Waals surface area contributed by atoms with Gasteiger partial charge in [-0.25, -0.2) is 0 Å². The Labute approximate surface area is 150 Å². The van der Waals surface area contributed by atoms with Gasteiger partial charge in [-0.15, -0.1) is 24.0 Å². The molecule has 3 atom stereocenters. The maximum Gasteiger partial charge on any atom is 0.191 e. The van der Waals surface area contributed by atoms with E-state index in [9.17, 15) is 0 Å². The van der Waals surface area contributed by atoms with Gasteiger partial charge in [-0.3, -0.25) is 4.99 Å². The molecule has 2 N–H and O–H groups in total. The Kier molecular flexibility index (Phi) is 6.95. The molecule has 122 valence electrons. The lowest BCUT2D eigenvalue weighted by Crippen LogP contribution is -2.47. The van der Waals surface area contributed by atoms with Crippen molar-refractivity contribution in [2.75, 3.05) is 13.6 Å². The molecule has 3 rings (SSSR count). The molecule has 22 heavy (non-hydrogen) atoms. The van der Waals surface area contributed by atoms with Crippen LogP contribution >= 0.6 is 24.0 Å². The van der Waals surface area contributed by atoms with Crippen molar-refractivity contribution in [1.82, 2.24) is 10.6 Å². The standard InChI is InChI=1S/C17H25N3O.HI/c1-18-17(20-15-12-14-9-10-16(15)21-14)19-11-5-8-13-6-3-2-4-7-13;/h2-4,6-7,14-16H,5,8-12H2,1H3,(H2,18,19,20);1H. The molecule has 1 aromatic carbocycles. The van der Waals surface area contributed by atoms with Crippen LogP contribution in [0.15, 0.2) is 35.3 Å². The smallest absolute Gasteiger partial charge is 0.191 e. The number of ether oxygens (including phenoxy) is 1. The van der Waals surface area contributed by atoms with Crippen LogP contribution in [-0.2, 0) is 11.2 Å². The van der Waals surface area contributed by atoms with Crippen molar-refractivity contribution in [3.63, 3.8) is 0 Å². The number of hydrogen-bond donors (Lipinski definition) is 2. The zero-order valence-electron chi connectivity index (χ0n) is 13.1. The molecule has 2 bridgehead atoms. The fourth-order valence-electron chi connectivity index (χ4n) is 3.30. The molecule has 0 radical (unpaired) electrons. The van der Waals surface area contributed by atoms with Gasteiger partial charge >= 0.3 is 0 Å². The van der Waals surface area contributed by atoms with Crippen molar-refractivity contribution in [1.29, 1.82) is 0 Å². The van der Waals surface area contributed by atoms with Gasteiger partial charge in [0, 0.05) is 13.6 Å². The van der Waals surface area contributed by atoms with Gasteiger partial charge in [-0.2, -0.15) is 0 Å². The minimum absolute atomic E-state index is 0. The second-order valence-corrected chi connectivity index (χ2v) is 5.95. The van der Waals surface area contributed by atoms with Crippen molar-refractivity contribution in [3.8, 4) is 0 Å². The summed E-state index contributed by atoms with van der Waals surface area (Å²) >= 11 is 0. The molecule has 0 saturated carbocycles. The lowest BCUT2D eigenvalue weighted by atomic mass is 9.96. The first kappa shape index (κ1) is 17.5. The average molecular weight is 415 g/mol. The molecule has 2 saturated heterocycles. The van der Waals surface area contributed by atoms with E-state index in [-0.39, 0.29) is 24.0 Å². The summed E-state index contributed by atoms with van der Waals surface area (Å²) in [5.41, 5.74) is 1.39. The molecule has 5 heteroatoms. The van der Waals surface area contributed by atoms with E-state index >= 15 is 0 Å². The summed E-state index contributed by atoms with van der Waals surface area (Å²) in [6.07, 6.45) is 6.61. The number of hydrogen-bond acceptors (Lipinski definition) is 2. The molecule has 0 aromatic heterocycles. The second kappa shape index (κ2) is 8.72. The monoisotopic (exact) mass is 415 g/mol. The zero-order valence-corrected chi connectivity index (χ0v) is 15.5. The molecule has 2 aliphatic heterocycles. The lowest BCUT2D eigenvalue weighted by molar-refractivity contribution is 0.0992. The van der Waals surface area contributed by atoms with Crippen LogP contribution in [0.1, 0.15) is 31.2 Å². The van der Waals surface area contributed by atoms with E-state index in [4.69, 9.17) is 4.74 Å². The second-order valence-electron chi connectivity index (χ2n) is 5.95. The third-order valence-corrected chi connectivity index (χ3v) is 4.43. The summed E-state index contributed by atoms with van der Waals surface area (Å²) < 4.78 is 5.87. The van der Waals surface area contributed by atoms with Crippen LogP contribution in [0.5, 0.6) is 0 Å². The van der Waals surface area contributed by atoms with Gasteiger partial charge in [0.1, 0.15) is 0 Å². The minimum atomic E-state index is 0. The van der Waals surface area contributed by atoms with Crippen LogP contribution in [0, 0.1) is 0 Å². The zero-order chi connectivity index (χ0) is 14.5. The van der Waals surface area contributed by atoms with Gasteiger partial charge in [0.25, 0.3) is 0 Å². The van der Waals surface area contributed by atoms with E-state index in [1.54, 1.807) is 0 Å². The third-order valence-electron chi connectivity index (χ3n) is 4.43. The molecule has 4 nitrogen and oxygen atoms in total. The summed E-state index contributed by atoms with van der Waals surface area (Å²) in [5, 5.41) is 6.92. The summed E-state index contributed by atoms with van der Waals surface area (Å²) in [4.78, 5) is 4.32. The van der Waals surface area contributed by atoms with E-state index in [2.05, 4.69) is 46.0 Å². The summed E-state index contributed by atoms with van der Waals surface area (Å²) in [6, 6.07) is 11.0. The maximum absolute atomic E-state index is 5.87.